The highest BCUT2D eigenvalue weighted by atomic mass is 127. The smallest absolute Gasteiger partial charge is 0.0692 e. The molecule has 0 radical (unpaired) electrons. The van der Waals surface area contributed by atoms with E-state index in [-0.39, 0.29) is 6.10 Å². The quantitative estimate of drug-likeness (QED) is 0.272. The summed E-state index contributed by atoms with van der Waals surface area (Å²) in [4.78, 5) is 0. The summed E-state index contributed by atoms with van der Waals surface area (Å²) in [6.45, 7) is 5.89. The van der Waals surface area contributed by atoms with Gasteiger partial charge >= 0.3 is 0 Å². The monoisotopic (exact) mass is 324 g/mol. The average Bonchev–Trinajstić information content (AvgIpc) is 2.23. The summed E-state index contributed by atoms with van der Waals surface area (Å²) < 4.78 is 0.395. The minimum Gasteiger partial charge on any atom is -0.392 e. The molecular formula is C13H25IO. The van der Waals surface area contributed by atoms with Crippen LogP contribution in [0.4, 0.5) is 0 Å². The lowest BCUT2D eigenvalue weighted by Crippen LogP contribution is -2.19. The summed E-state index contributed by atoms with van der Waals surface area (Å²) in [7, 11) is 0. The number of rotatable bonds is 10. The van der Waals surface area contributed by atoms with E-state index in [1.807, 2.05) is 0 Å². The maximum Gasteiger partial charge on any atom is 0.0692 e. The molecule has 0 spiro atoms. The third-order valence-electron chi connectivity index (χ3n) is 2.66. The van der Waals surface area contributed by atoms with Crippen molar-refractivity contribution >= 4 is 22.6 Å². The van der Waals surface area contributed by atoms with Gasteiger partial charge in [0.1, 0.15) is 0 Å². The molecule has 0 rings (SSSR count). The van der Waals surface area contributed by atoms with Gasteiger partial charge in [-0.25, -0.2) is 0 Å². The standard InChI is InChI=1S/C13H25IO/c1-3-5-6-7-8-9-11-12(14)13(15)10-4-2/h4,12-13,15H,2-3,5-11H2,1H3. The van der Waals surface area contributed by atoms with Crippen LogP contribution < -0.4 is 0 Å². The second kappa shape index (κ2) is 10.9. The maximum atomic E-state index is 9.68. The molecule has 0 aliphatic heterocycles. The minimum atomic E-state index is -0.196. The number of alkyl halides is 1. The third-order valence-corrected chi connectivity index (χ3v) is 4.11. The number of halogens is 1. The van der Waals surface area contributed by atoms with E-state index in [0.717, 1.165) is 12.8 Å². The van der Waals surface area contributed by atoms with Crippen molar-refractivity contribution in [2.45, 2.75) is 68.3 Å². The molecule has 0 aliphatic rings. The van der Waals surface area contributed by atoms with Gasteiger partial charge in [0.15, 0.2) is 0 Å². The van der Waals surface area contributed by atoms with Crippen LogP contribution in [-0.2, 0) is 0 Å². The topological polar surface area (TPSA) is 20.2 Å². The van der Waals surface area contributed by atoms with Crippen molar-refractivity contribution < 1.29 is 5.11 Å². The highest BCUT2D eigenvalue weighted by Gasteiger charge is 2.13. The zero-order valence-corrected chi connectivity index (χ0v) is 12.1. The van der Waals surface area contributed by atoms with Gasteiger partial charge in [-0.1, -0.05) is 74.1 Å². The Balaban J connectivity index is 3.30. The fraction of sp³-hybridized carbons (Fsp3) is 0.846. The molecule has 0 saturated heterocycles. The molecule has 0 saturated carbocycles. The van der Waals surface area contributed by atoms with Gasteiger partial charge in [0.05, 0.1) is 6.10 Å². The van der Waals surface area contributed by atoms with E-state index in [9.17, 15) is 5.11 Å². The number of hydrogen-bond acceptors (Lipinski definition) is 1. The molecule has 15 heavy (non-hydrogen) atoms. The molecule has 0 bridgehead atoms. The Morgan fingerprint density at radius 3 is 2.40 bits per heavy atom. The summed E-state index contributed by atoms with van der Waals surface area (Å²) in [6, 6.07) is 0. The van der Waals surface area contributed by atoms with Gasteiger partial charge in [-0.15, -0.1) is 6.58 Å². The molecule has 90 valence electrons. The SMILES string of the molecule is C=CCC(O)C(I)CCCCCCCC. The van der Waals surface area contributed by atoms with E-state index in [0.29, 0.717) is 3.92 Å². The van der Waals surface area contributed by atoms with Crippen molar-refractivity contribution in [3.63, 3.8) is 0 Å². The second-order valence-corrected chi connectivity index (χ2v) is 5.76. The molecule has 2 unspecified atom stereocenters. The second-order valence-electron chi connectivity index (χ2n) is 4.16. The predicted molar refractivity (Wildman–Crippen MR) is 76.6 cm³/mol. The molecule has 0 fully saturated rings. The van der Waals surface area contributed by atoms with E-state index < -0.39 is 0 Å². The van der Waals surface area contributed by atoms with Crippen LogP contribution in [0.15, 0.2) is 12.7 Å². The molecule has 0 heterocycles. The van der Waals surface area contributed by atoms with Crippen LogP contribution in [0.5, 0.6) is 0 Å². The predicted octanol–water partition coefficient (Wildman–Crippen LogP) is 4.48. The van der Waals surface area contributed by atoms with Crippen LogP contribution in [-0.4, -0.2) is 15.1 Å². The Morgan fingerprint density at radius 1 is 1.20 bits per heavy atom. The zero-order valence-electron chi connectivity index (χ0n) is 9.92. The molecule has 2 heteroatoms. The van der Waals surface area contributed by atoms with Gasteiger partial charge in [0, 0.05) is 3.92 Å². The van der Waals surface area contributed by atoms with Crippen LogP contribution in [0.1, 0.15) is 58.3 Å². The number of unbranched alkanes of at least 4 members (excludes halogenated alkanes) is 5. The first-order valence-electron chi connectivity index (χ1n) is 6.15. The average molecular weight is 324 g/mol. The Hall–Kier alpha value is 0.430. The summed E-state index contributed by atoms with van der Waals surface area (Å²) in [5.74, 6) is 0. The van der Waals surface area contributed by atoms with Gasteiger partial charge < -0.3 is 5.11 Å². The molecule has 0 aromatic carbocycles. The van der Waals surface area contributed by atoms with Crippen molar-refractivity contribution in [1.82, 2.24) is 0 Å². The number of aliphatic hydroxyl groups is 1. The van der Waals surface area contributed by atoms with Crippen molar-refractivity contribution in [3.05, 3.63) is 12.7 Å². The molecule has 0 aliphatic carbocycles. The number of aliphatic hydroxyl groups excluding tert-OH is 1. The van der Waals surface area contributed by atoms with Crippen molar-refractivity contribution in [1.29, 1.82) is 0 Å². The minimum absolute atomic E-state index is 0.196. The van der Waals surface area contributed by atoms with Gasteiger partial charge in [0.25, 0.3) is 0 Å². The zero-order chi connectivity index (χ0) is 11.5. The van der Waals surface area contributed by atoms with Crippen LogP contribution in [0.25, 0.3) is 0 Å². The Kier molecular flexibility index (Phi) is 11.2. The Morgan fingerprint density at radius 2 is 1.80 bits per heavy atom. The van der Waals surface area contributed by atoms with Crippen molar-refractivity contribution in [2.75, 3.05) is 0 Å². The first-order chi connectivity index (χ1) is 7.22. The molecule has 0 aromatic heterocycles. The van der Waals surface area contributed by atoms with E-state index in [4.69, 9.17) is 0 Å². The lowest BCUT2D eigenvalue weighted by Gasteiger charge is -2.15. The first-order valence-corrected chi connectivity index (χ1v) is 7.40. The van der Waals surface area contributed by atoms with E-state index >= 15 is 0 Å². The molecule has 0 amide bonds. The summed E-state index contributed by atoms with van der Waals surface area (Å²) >= 11 is 2.36. The highest BCUT2D eigenvalue weighted by molar-refractivity contribution is 14.1. The van der Waals surface area contributed by atoms with Gasteiger partial charge in [0.2, 0.25) is 0 Å². The lowest BCUT2D eigenvalue weighted by atomic mass is 10.0. The van der Waals surface area contributed by atoms with Crippen molar-refractivity contribution in [2.24, 2.45) is 0 Å². The van der Waals surface area contributed by atoms with Crippen LogP contribution in [0.3, 0.4) is 0 Å². The third kappa shape index (κ3) is 9.36. The van der Waals surface area contributed by atoms with Crippen LogP contribution >= 0.6 is 22.6 Å². The van der Waals surface area contributed by atoms with E-state index in [1.54, 1.807) is 6.08 Å². The highest BCUT2D eigenvalue weighted by Crippen LogP contribution is 2.18. The normalized spacial score (nSPS) is 14.9. The first kappa shape index (κ1) is 15.4. The Labute approximate surface area is 108 Å². The van der Waals surface area contributed by atoms with Gasteiger partial charge in [-0.2, -0.15) is 0 Å². The summed E-state index contributed by atoms with van der Waals surface area (Å²) in [5, 5.41) is 9.68. The lowest BCUT2D eigenvalue weighted by molar-refractivity contribution is 0.175. The molecule has 2 atom stereocenters. The molecule has 1 N–H and O–H groups in total. The van der Waals surface area contributed by atoms with Gasteiger partial charge in [-0.3, -0.25) is 0 Å². The summed E-state index contributed by atoms with van der Waals surface area (Å²) in [6.07, 6.45) is 11.5. The van der Waals surface area contributed by atoms with Crippen LogP contribution in [0, 0.1) is 0 Å². The molecule has 0 aromatic rings. The van der Waals surface area contributed by atoms with E-state index in [1.165, 1.54) is 38.5 Å². The fourth-order valence-corrected chi connectivity index (χ4v) is 2.36. The van der Waals surface area contributed by atoms with Crippen LogP contribution in [0.2, 0.25) is 0 Å². The van der Waals surface area contributed by atoms with Gasteiger partial charge in [-0.05, 0) is 12.8 Å². The van der Waals surface area contributed by atoms with Crippen molar-refractivity contribution in [3.8, 4) is 0 Å². The fourth-order valence-electron chi connectivity index (χ4n) is 1.63. The van der Waals surface area contributed by atoms with E-state index in [2.05, 4.69) is 36.1 Å². The molecule has 1 nitrogen and oxygen atoms in total. The molecular weight excluding hydrogens is 299 g/mol. The summed E-state index contributed by atoms with van der Waals surface area (Å²) in [5.41, 5.74) is 0. The maximum absolute atomic E-state index is 9.68. The Bertz CT molecular complexity index is 147. The largest absolute Gasteiger partial charge is 0.392 e. The number of hydrogen-bond donors (Lipinski definition) is 1.